The molecule has 0 spiro atoms. The molecule has 0 aliphatic carbocycles. The van der Waals surface area contributed by atoms with Gasteiger partial charge in [0.25, 0.3) is 0 Å². The van der Waals surface area contributed by atoms with Crippen LogP contribution in [0.15, 0.2) is 0 Å². The van der Waals surface area contributed by atoms with Crippen LogP contribution >= 0.6 is 16.3 Å². The molecule has 3 rings (SSSR count). The fraction of sp³-hybridized carbons (Fsp3) is 0.750. The molecule has 1 atom stereocenters. The standard InChI is InChI=1S/C12H21N3O3P2/c16-10-4-1-7-13(10)20(19,14-8-2-5-11(14)17)15-9-3-6-12(15)18/h20H,1-9,19H2. The van der Waals surface area contributed by atoms with Crippen LogP contribution < -0.4 is 0 Å². The molecule has 3 saturated heterocycles. The van der Waals surface area contributed by atoms with Crippen molar-refractivity contribution in [2.45, 2.75) is 38.5 Å². The fourth-order valence-electron chi connectivity index (χ4n) is 3.43. The van der Waals surface area contributed by atoms with Gasteiger partial charge in [-0.25, -0.2) is 0 Å². The molecule has 3 amide bonds. The molecule has 3 aliphatic heterocycles. The summed E-state index contributed by atoms with van der Waals surface area (Å²) in [6.45, 7) is 2.01. The Morgan fingerprint density at radius 1 is 0.700 bits per heavy atom. The molecule has 0 saturated carbocycles. The van der Waals surface area contributed by atoms with Crippen LogP contribution in [0.1, 0.15) is 38.5 Å². The Kier molecular flexibility index (Phi) is 3.72. The second-order valence-corrected chi connectivity index (χ2v) is 11.0. The maximum absolute atomic E-state index is 12.2. The quantitative estimate of drug-likeness (QED) is 0.733. The third-order valence-electron chi connectivity index (χ3n) is 4.41. The number of rotatable bonds is 3. The van der Waals surface area contributed by atoms with Crippen molar-refractivity contribution in [3.05, 3.63) is 0 Å². The first-order valence-corrected chi connectivity index (χ1v) is 10.9. The Hall–Kier alpha value is -0.730. The molecular weight excluding hydrogens is 296 g/mol. The van der Waals surface area contributed by atoms with E-state index in [0.29, 0.717) is 38.9 Å². The number of nitrogens with zero attached hydrogens (tertiary/aromatic N) is 3. The molecule has 3 heterocycles. The van der Waals surface area contributed by atoms with Crippen molar-refractivity contribution in [1.29, 1.82) is 0 Å². The molecule has 8 heteroatoms. The van der Waals surface area contributed by atoms with Gasteiger partial charge in [0, 0.05) is 0 Å². The van der Waals surface area contributed by atoms with Crippen molar-refractivity contribution in [3.63, 3.8) is 0 Å². The molecular formula is C12H21N3O3P2. The second kappa shape index (κ2) is 5.23. The van der Waals surface area contributed by atoms with E-state index in [1.807, 2.05) is 14.0 Å². The molecule has 6 nitrogen and oxygen atoms in total. The zero-order chi connectivity index (χ0) is 14.3. The van der Waals surface area contributed by atoms with Crippen LogP contribution in [0.3, 0.4) is 0 Å². The van der Waals surface area contributed by atoms with Crippen LogP contribution in [-0.2, 0) is 14.4 Å². The SMILES string of the molecule is O=C1CCCN1[PH](P)(N1CCCC1=O)N1CCCC1=O. The van der Waals surface area contributed by atoms with Crippen molar-refractivity contribution in [1.82, 2.24) is 14.0 Å². The molecule has 1 unspecified atom stereocenters. The molecule has 0 N–H and O–H groups in total. The van der Waals surface area contributed by atoms with Crippen LogP contribution in [0.5, 0.6) is 0 Å². The number of hydrogen-bond acceptors (Lipinski definition) is 3. The minimum absolute atomic E-state index is 0.0890. The summed E-state index contributed by atoms with van der Waals surface area (Å²) in [5.41, 5.74) is 0. The van der Waals surface area contributed by atoms with E-state index in [4.69, 9.17) is 0 Å². The summed E-state index contributed by atoms with van der Waals surface area (Å²) in [4.78, 5) is 36.7. The number of carbonyl (C=O) groups is 3. The molecule has 112 valence electrons. The zero-order valence-corrected chi connectivity index (χ0v) is 13.7. The predicted molar refractivity (Wildman–Crippen MR) is 80.9 cm³/mol. The van der Waals surface area contributed by atoms with Crippen LogP contribution in [0.4, 0.5) is 0 Å². The second-order valence-electron chi connectivity index (χ2n) is 5.63. The third kappa shape index (κ3) is 2.05. The van der Waals surface area contributed by atoms with Crippen molar-refractivity contribution < 1.29 is 14.4 Å². The van der Waals surface area contributed by atoms with Crippen molar-refractivity contribution in [2.75, 3.05) is 19.6 Å². The van der Waals surface area contributed by atoms with Gasteiger partial charge in [0.2, 0.25) is 0 Å². The number of hydrogen-bond donors (Lipinski definition) is 0. The van der Waals surface area contributed by atoms with Gasteiger partial charge >= 0.3 is 121 Å². The molecule has 3 aliphatic rings. The first-order valence-electron chi connectivity index (χ1n) is 7.25. The van der Waals surface area contributed by atoms with E-state index in [9.17, 15) is 14.4 Å². The van der Waals surface area contributed by atoms with E-state index in [-0.39, 0.29) is 17.7 Å². The monoisotopic (exact) mass is 317 g/mol. The van der Waals surface area contributed by atoms with Gasteiger partial charge in [-0.1, -0.05) is 0 Å². The molecule has 20 heavy (non-hydrogen) atoms. The van der Waals surface area contributed by atoms with E-state index < -0.39 is 7.40 Å². The molecule has 0 aromatic heterocycles. The summed E-state index contributed by atoms with van der Waals surface area (Å²) < 4.78 is 5.51. The number of carbonyl (C=O) groups excluding carboxylic acids is 3. The van der Waals surface area contributed by atoms with Gasteiger partial charge in [0.15, 0.2) is 0 Å². The van der Waals surface area contributed by atoms with Crippen LogP contribution in [0, 0.1) is 0 Å². The van der Waals surface area contributed by atoms with E-state index in [0.717, 1.165) is 19.3 Å². The summed E-state index contributed by atoms with van der Waals surface area (Å²) >= 11 is 0. The van der Waals surface area contributed by atoms with Crippen LogP contribution in [-0.4, -0.2) is 51.4 Å². The predicted octanol–water partition coefficient (Wildman–Crippen LogP) is 1.14. The van der Waals surface area contributed by atoms with E-state index in [1.54, 1.807) is 0 Å². The Morgan fingerprint density at radius 2 is 1.00 bits per heavy atom. The molecule has 3 fully saturated rings. The Morgan fingerprint density at radius 3 is 1.20 bits per heavy atom. The summed E-state index contributed by atoms with van der Waals surface area (Å²) in [5, 5.41) is 0. The van der Waals surface area contributed by atoms with Crippen molar-refractivity contribution in [2.24, 2.45) is 0 Å². The molecule has 0 radical (unpaired) electrons. The zero-order valence-electron chi connectivity index (χ0n) is 11.5. The third-order valence-corrected chi connectivity index (χ3v) is 11.0. The van der Waals surface area contributed by atoms with Crippen molar-refractivity contribution in [3.8, 4) is 0 Å². The normalized spacial score (nSPS) is 25.2. The van der Waals surface area contributed by atoms with E-state index in [1.165, 1.54) is 0 Å². The minimum atomic E-state index is -2.77. The van der Waals surface area contributed by atoms with Gasteiger partial charge in [0.1, 0.15) is 0 Å². The van der Waals surface area contributed by atoms with Gasteiger partial charge in [0.05, 0.1) is 0 Å². The Bertz CT molecular complexity index is 406. The van der Waals surface area contributed by atoms with Gasteiger partial charge in [-0.05, 0) is 0 Å². The Labute approximate surface area is 121 Å². The van der Waals surface area contributed by atoms with Gasteiger partial charge in [-0.2, -0.15) is 0 Å². The average Bonchev–Trinajstić information content (AvgIpc) is 3.10. The van der Waals surface area contributed by atoms with Crippen LogP contribution in [0.25, 0.3) is 0 Å². The van der Waals surface area contributed by atoms with E-state index in [2.05, 4.69) is 8.93 Å². The molecule has 0 aromatic carbocycles. The summed E-state index contributed by atoms with van der Waals surface area (Å²) in [7, 11) is 0.00400. The molecule has 0 aromatic rings. The maximum atomic E-state index is 12.2. The summed E-state index contributed by atoms with van der Waals surface area (Å²) in [6, 6.07) is 0. The summed E-state index contributed by atoms with van der Waals surface area (Å²) in [6.07, 6.45) is 4.08. The number of amides is 3. The first kappa shape index (κ1) is 14.2. The Balaban J connectivity index is 1.99. The first-order chi connectivity index (χ1) is 9.55. The van der Waals surface area contributed by atoms with Gasteiger partial charge < -0.3 is 0 Å². The van der Waals surface area contributed by atoms with E-state index >= 15 is 0 Å². The van der Waals surface area contributed by atoms with Gasteiger partial charge in [-0.15, -0.1) is 0 Å². The topological polar surface area (TPSA) is 60.9 Å². The molecule has 0 bridgehead atoms. The fourth-order valence-corrected chi connectivity index (χ4v) is 9.66. The van der Waals surface area contributed by atoms with Gasteiger partial charge in [-0.3, -0.25) is 0 Å². The van der Waals surface area contributed by atoms with Crippen molar-refractivity contribution >= 4 is 34.1 Å². The summed E-state index contributed by atoms with van der Waals surface area (Å²) in [5.74, 6) is 0.267. The average molecular weight is 317 g/mol. The van der Waals surface area contributed by atoms with Crippen LogP contribution in [0.2, 0.25) is 0 Å².